The van der Waals surface area contributed by atoms with Crippen molar-refractivity contribution >= 4 is 21.6 Å². The number of ether oxygens (including phenoxy) is 1. The van der Waals surface area contributed by atoms with Gasteiger partial charge in [-0.05, 0) is 36.4 Å². The van der Waals surface area contributed by atoms with Crippen LogP contribution in [0.4, 0.5) is 8.78 Å². The molecule has 0 radical (unpaired) electrons. The molecule has 0 aliphatic carbocycles. The van der Waals surface area contributed by atoms with E-state index >= 15 is 0 Å². The Labute approximate surface area is 162 Å². The lowest BCUT2D eigenvalue weighted by Crippen LogP contribution is -3.13. The second kappa shape index (κ2) is 8.10. The van der Waals surface area contributed by atoms with Gasteiger partial charge in [0.25, 0.3) is 0 Å². The molecule has 146 valence electrons. The molecule has 2 aromatic rings. The van der Waals surface area contributed by atoms with E-state index in [4.69, 9.17) is 16.3 Å². The summed E-state index contributed by atoms with van der Waals surface area (Å²) in [5.74, 6) is -1.01. The van der Waals surface area contributed by atoms with Crippen molar-refractivity contribution in [3.05, 3.63) is 58.6 Å². The van der Waals surface area contributed by atoms with Crippen molar-refractivity contribution in [2.45, 2.75) is 11.4 Å². The third-order valence-electron chi connectivity index (χ3n) is 4.62. The fraction of sp³-hybridized carbons (Fsp3) is 0.333. The predicted octanol–water partition coefficient (Wildman–Crippen LogP) is 1.72. The maximum absolute atomic E-state index is 13.9. The van der Waals surface area contributed by atoms with Crippen LogP contribution in [0.1, 0.15) is 5.56 Å². The highest BCUT2D eigenvalue weighted by Gasteiger charge is 2.32. The number of nitrogens with one attached hydrogen (secondary N) is 1. The predicted molar refractivity (Wildman–Crippen MR) is 97.5 cm³/mol. The number of rotatable bonds is 5. The molecular formula is C18H20ClF2N2O3S+. The number of halogens is 3. The summed E-state index contributed by atoms with van der Waals surface area (Å²) in [7, 11) is -2.49. The summed E-state index contributed by atoms with van der Waals surface area (Å²) in [4.78, 5) is 0.532. The zero-order valence-electron chi connectivity index (χ0n) is 14.7. The molecule has 0 saturated carbocycles. The molecule has 1 fully saturated rings. The minimum atomic E-state index is -4.07. The Morgan fingerprint density at radius 1 is 1.15 bits per heavy atom. The summed E-state index contributed by atoms with van der Waals surface area (Å²) in [5.41, 5.74) is 0.937. The van der Waals surface area contributed by atoms with Gasteiger partial charge in [0.1, 0.15) is 28.8 Å². The van der Waals surface area contributed by atoms with Gasteiger partial charge in [0.05, 0.1) is 33.3 Å². The van der Waals surface area contributed by atoms with Crippen LogP contribution in [0.5, 0.6) is 5.75 Å². The van der Waals surface area contributed by atoms with Gasteiger partial charge in [-0.3, -0.25) is 0 Å². The van der Waals surface area contributed by atoms with Gasteiger partial charge >= 0.3 is 0 Å². The molecule has 1 N–H and O–H groups in total. The maximum Gasteiger partial charge on any atom is 0.246 e. The second-order valence-corrected chi connectivity index (χ2v) is 8.70. The van der Waals surface area contributed by atoms with E-state index in [0.29, 0.717) is 24.7 Å². The molecule has 0 atom stereocenters. The molecule has 0 aromatic heterocycles. The topological polar surface area (TPSA) is 51.1 Å². The van der Waals surface area contributed by atoms with Crippen molar-refractivity contribution in [2.24, 2.45) is 0 Å². The zero-order valence-corrected chi connectivity index (χ0v) is 16.3. The van der Waals surface area contributed by atoms with Gasteiger partial charge in [-0.2, -0.15) is 4.31 Å². The molecule has 0 spiro atoms. The summed E-state index contributed by atoms with van der Waals surface area (Å²) in [6, 6.07) is 7.82. The summed E-state index contributed by atoms with van der Waals surface area (Å²) in [6.45, 7) is 2.14. The van der Waals surface area contributed by atoms with Crippen molar-refractivity contribution < 1.29 is 26.8 Å². The number of benzene rings is 2. The maximum atomic E-state index is 13.9. The Bertz CT molecular complexity index is 932. The number of hydrogen-bond acceptors (Lipinski definition) is 3. The average Bonchev–Trinajstić information content (AvgIpc) is 2.64. The molecule has 9 heteroatoms. The SMILES string of the molecule is COc1ccc(Cl)cc1C[NH+]1CCN(S(=O)(=O)c2cc(F)ccc2F)CC1. The first-order valence-corrected chi connectivity index (χ1v) is 10.2. The number of methoxy groups -OCH3 is 1. The van der Waals surface area contributed by atoms with Crippen LogP contribution < -0.4 is 9.64 Å². The molecule has 5 nitrogen and oxygen atoms in total. The van der Waals surface area contributed by atoms with Crippen LogP contribution in [0.2, 0.25) is 5.02 Å². The number of sulfonamides is 1. The summed E-state index contributed by atoms with van der Waals surface area (Å²) < 4.78 is 59.1. The normalized spacial score (nSPS) is 16.4. The van der Waals surface area contributed by atoms with Crippen LogP contribution in [0.3, 0.4) is 0 Å². The van der Waals surface area contributed by atoms with E-state index in [2.05, 4.69) is 0 Å². The first-order chi connectivity index (χ1) is 12.8. The van der Waals surface area contributed by atoms with Crippen molar-refractivity contribution in [3.63, 3.8) is 0 Å². The van der Waals surface area contributed by atoms with E-state index in [1.54, 1.807) is 19.2 Å². The highest BCUT2D eigenvalue weighted by Crippen LogP contribution is 2.23. The van der Waals surface area contributed by atoms with Crippen LogP contribution in [0, 0.1) is 11.6 Å². The Morgan fingerprint density at radius 3 is 2.52 bits per heavy atom. The lowest BCUT2D eigenvalue weighted by atomic mass is 10.1. The third kappa shape index (κ3) is 4.40. The van der Waals surface area contributed by atoms with Crippen LogP contribution in [-0.4, -0.2) is 46.0 Å². The first-order valence-electron chi connectivity index (χ1n) is 8.42. The van der Waals surface area contributed by atoms with E-state index in [1.165, 1.54) is 4.31 Å². The van der Waals surface area contributed by atoms with Crippen molar-refractivity contribution in [1.82, 2.24) is 4.31 Å². The Balaban J connectivity index is 1.70. The Hall–Kier alpha value is -1.74. The minimum absolute atomic E-state index is 0.219. The highest BCUT2D eigenvalue weighted by molar-refractivity contribution is 7.89. The molecule has 27 heavy (non-hydrogen) atoms. The molecule has 0 bridgehead atoms. The van der Waals surface area contributed by atoms with E-state index in [9.17, 15) is 17.2 Å². The zero-order chi connectivity index (χ0) is 19.6. The highest BCUT2D eigenvalue weighted by atomic mass is 35.5. The summed E-state index contributed by atoms with van der Waals surface area (Å²) >= 11 is 6.05. The van der Waals surface area contributed by atoms with Crippen molar-refractivity contribution in [1.29, 1.82) is 0 Å². The molecule has 0 amide bonds. The largest absolute Gasteiger partial charge is 0.496 e. The van der Waals surface area contributed by atoms with Gasteiger partial charge in [-0.1, -0.05) is 11.6 Å². The van der Waals surface area contributed by atoms with Crippen LogP contribution >= 0.6 is 11.6 Å². The van der Waals surface area contributed by atoms with Gasteiger partial charge < -0.3 is 9.64 Å². The Kier molecular flexibility index (Phi) is 6.00. The van der Waals surface area contributed by atoms with E-state index in [0.717, 1.165) is 34.4 Å². The number of nitrogens with zero attached hydrogens (tertiary/aromatic N) is 1. The van der Waals surface area contributed by atoms with E-state index in [1.807, 2.05) is 6.07 Å². The van der Waals surface area contributed by atoms with Gasteiger partial charge in [0.2, 0.25) is 10.0 Å². The third-order valence-corrected chi connectivity index (χ3v) is 6.77. The van der Waals surface area contributed by atoms with Crippen LogP contribution in [0.15, 0.2) is 41.3 Å². The van der Waals surface area contributed by atoms with Crippen molar-refractivity contribution in [3.8, 4) is 5.75 Å². The smallest absolute Gasteiger partial charge is 0.246 e. The molecule has 2 aromatic carbocycles. The fourth-order valence-corrected chi connectivity index (χ4v) is 4.90. The lowest BCUT2D eigenvalue weighted by molar-refractivity contribution is -0.917. The van der Waals surface area contributed by atoms with Gasteiger partial charge in [0.15, 0.2) is 0 Å². The molecule has 3 rings (SSSR count). The quantitative estimate of drug-likeness (QED) is 0.806. The van der Waals surface area contributed by atoms with Gasteiger partial charge in [-0.25, -0.2) is 17.2 Å². The van der Waals surface area contributed by atoms with Gasteiger partial charge in [0, 0.05) is 10.6 Å². The van der Waals surface area contributed by atoms with E-state index in [-0.39, 0.29) is 13.1 Å². The minimum Gasteiger partial charge on any atom is -0.496 e. The molecule has 1 aliphatic heterocycles. The van der Waals surface area contributed by atoms with E-state index < -0.39 is 26.6 Å². The molecule has 1 aliphatic rings. The number of piperazine rings is 1. The number of quaternary nitrogens is 1. The standard InChI is InChI=1S/C18H19ClF2N2O3S/c1-26-17-5-2-14(19)10-13(17)12-22-6-8-23(9-7-22)27(24,25)18-11-15(20)3-4-16(18)21/h2-5,10-11H,6-9,12H2,1H3/p+1. The molecule has 0 unspecified atom stereocenters. The monoisotopic (exact) mass is 417 g/mol. The first kappa shape index (κ1) is 20.0. The molecule has 1 heterocycles. The molecule has 1 saturated heterocycles. The molecular weight excluding hydrogens is 398 g/mol. The number of hydrogen-bond donors (Lipinski definition) is 1. The van der Waals surface area contributed by atoms with Gasteiger partial charge in [-0.15, -0.1) is 0 Å². The summed E-state index contributed by atoms with van der Waals surface area (Å²) in [6.07, 6.45) is 0. The second-order valence-electron chi connectivity index (χ2n) is 6.36. The fourth-order valence-electron chi connectivity index (χ4n) is 3.19. The van der Waals surface area contributed by atoms with Crippen LogP contribution in [-0.2, 0) is 16.6 Å². The Morgan fingerprint density at radius 2 is 1.85 bits per heavy atom. The van der Waals surface area contributed by atoms with Crippen molar-refractivity contribution in [2.75, 3.05) is 33.3 Å². The average molecular weight is 418 g/mol. The van der Waals surface area contributed by atoms with Crippen LogP contribution in [0.25, 0.3) is 0 Å². The lowest BCUT2D eigenvalue weighted by Gasteiger charge is -2.31. The summed E-state index contributed by atoms with van der Waals surface area (Å²) in [5, 5.41) is 0.605.